The van der Waals surface area contributed by atoms with Crippen molar-refractivity contribution in [2.75, 3.05) is 0 Å². The lowest BCUT2D eigenvalue weighted by molar-refractivity contribution is 0.753. The molecule has 0 saturated carbocycles. The maximum absolute atomic E-state index is 4.89. The lowest BCUT2D eigenvalue weighted by Gasteiger charge is -2.17. The number of nitrogens with zero attached hydrogens (tertiary/aromatic N) is 4. The summed E-state index contributed by atoms with van der Waals surface area (Å²) in [5.41, 5.74) is 6.06. The van der Waals surface area contributed by atoms with E-state index >= 15 is 0 Å². The molecule has 3 aromatic rings. The van der Waals surface area contributed by atoms with Crippen molar-refractivity contribution in [1.82, 2.24) is 14.9 Å². The number of fused-ring (bicyclic) bond motifs is 4. The van der Waals surface area contributed by atoms with Crippen molar-refractivity contribution in [3.63, 3.8) is 0 Å². The molecule has 1 aliphatic carbocycles. The predicted octanol–water partition coefficient (Wildman–Crippen LogP) is 3.54. The van der Waals surface area contributed by atoms with Crippen LogP contribution in [0.2, 0.25) is 0 Å². The summed E-state index contributed by atoms with van der Waals surface area (Å²) in [7, 11) is 0. The first-order valence-corrected chi connectivity index (χ1v) is 8.54. The highest BCUT2D eigenvalue weighted by Gasteiger charge is 2.34. The number of benzene rings is 2. The molecule has 0 bridgehead atoms. The molecule has 0 spiro atoms. The van der Waals surface area contributed by atoms with Crippen LogP contribution in [0, 0.1) is 6.92 Å². The van der Waals surface area contributed by atoms with Crippen molar-refractivity contribution in [1.29, 1.82) is 0 Å². The lowest BCUT2D eigenvalue weighted by atomic mass is 10.1. The summed E-state index contributed by atoms with van der Waals surface area (Å²) in [6.45, 7) is 2.08. The Kier molecular flexibility index (Phi) is 2.73. The van der Waals surface area contributed by atoms with Gasteiger partial charge in [0.1, 0.15) is 0 Å². The molecule has 1 unspecified atom stereocenters. The van der Waals surface area contributed by atoms with E-state index in [9.17, 15) is 0 Å². The van der Waals surface area contributed by atoms with Gasteiger partial charge in [0, 0.05) is 11.1 Å². The van der Waals surface area contributed by atoms with E-state index in [4.69, 9.17) is 5.10 Å². The highest BCUT2D eigenvalue weighted by atomic mass is 32.2. The quantitative estimate of drug-likeness (QED) is 0.689. The van der Waals surface area contributed by atoms with E-state index in [0.717, 1.165) is 28.7 Å². The summed E-state index contributed by atoms with van der Waals surface area (Å²) >= 11 is 1.76. The molecule has 0 N–H and O–H groups in total. The Labute approximate surface area is 138 Å². The largest absolute Gasteiger partial charge is 0.213 e. The topological polar surface area (TPSA) is 43.1 Å². The lowest BCUT2D eigenvalue weighted by Crippen LogP contribution is -2.20. The van der Waals surface area contributed by atoms with Gasteiger partial charge in [-0.25, -0.2) is 0 Å². The predicted molar refractivity (Wildman–Crippen MR) is 91.9 cm³/mol. The number of hydrogen-bond donors (Lipinski definition) is 0. The first-order valence-electron chi connectivity index (χ1n) is 7.66. The van der Waals surface area contributed by atoms with Gasteiger partial charge in [0.2, 0.25) is 5.16 Å². The molecule has 1 aromatic heterocycles. The van der Waals surface area contributed by atoms with E-state index in [1.165, 1.54) is 16.7 Å². The standard InChI is InChI=1S/C18H14N4S/c1-11-6-8-12(9-7-11)17-19-20-18-22(17)21-16-14-5-3-2-4-13(14)10-15(16)23-18/h2-9,15H,10H2,1H3. The third-order valence-corrected chi connectivity index (χ3v) is 5.52. The highest BCUT2D eigenvalue weighted by molar-refractivity contribution is 8.00. The van der Waals surface area contributed by atoms with E-state index in [2.05, 4.69) is 65.7 Å². The van der Waals surface area contributed by atoms with Crippen LogP contribution < -0.4 is 0 Å². The second kappa shape index (κ2) is 4.80. The van der Waals surface area contributed by atoms with Gasteiger partial charge >= 0.3 is 0 Å². The Balaban J connectivity index is 1.66. The van der Waals surface area contributed by atoms with Gasteiger partial charge in [-0.2, -0.15) is 9.78 Å². The van der Waals surface area contributed by atoms with Gasteiger partial charge in [0.15, 0.2) is 5.82 Å². The third kappa shape index (κ3) is 1.96. The Morgan fingerprint density at radius 2 is 1.87 bits per heavy atom. The molecule has 4 nitrogen and oxygen atoms in total. The van der Waals surface area contributed by atoms with Gasteiger partial charge in [0.05, 0.1) is 11.0 Å². The molecule has 1 atom stereocenters. The molecule has 5 rings (SSSR count). The van der Waals surface area contributed by atoms with Gasteiger partial charge < -0.3 is 0 Å². The van der Waals surface area contributed by atoms with Crippen LogP contribution in [0.25, 0.3) is 11.4 Å². The zero-order valence-electron chi connectivity index (χ0n) is 12.6. The Bertz CT molecular complexity index is 940. The molecule has 23 heavy (non-hydrogen) atoms. The summed E-state index contributed by atoms with van der Waals surface area (Å²) in [5, 5.41) is 14.8. The Morgan fingerprint density at radius 1 is 1.04 bits per heavy atom. The maximum atomic E-state index is 4.89. The van der Waals surface area contributed by atoms with Crippen molar-refractivity contribution in [2.45, 2.75) is 23.8 Å². The molecule has 1 aliphatic heterocycles. The maximum Gasteiger partial charge on any atom is 0.213 e. The number of rotatable bonds is 1. The second-order valence-corrected chi connectivity index (χ2v) is 7.11. The number of aromatic nitrogens is 3. The summed E-state index contributed by atoms with van der Waals surface area (Å²) in [4.78, 5) is 0. The van der Waals surface area contributed by atoms with Crippen molar-refractivity contribution in [2.24, 2.45) is 5.10 Å². The average Bonchev–Trinajstić information content (AvgIpc) is 3.14. The van der Waals surface area contributed by atoms with Crippen LogP contribution in [0.4, 0.5) is 0 Å². The summed E-state index contributed by atoms with van der Waals surface area (Å²) in [6, 6.07) is 16.9. The van der Waals surface area contributed by atoms with E-state index in [1.54, 1.807) is 11.8 Å². The van der Waals surface area contributed by atoms with E-state index in [0.29, 0.717) is 5.25 Å². The molecule has 5 heteroatoms. The van der Waals surface area contributed by atoms with Gasteiger partial charge in [0.25, 0.3) is 0 Å². The van der Waals surface area contributed by atoms with Gasteiger partial charge in [-0.3, -0.25) is 0 Å². The fourth-order valence-corrected chi connectivity index (χ4v) is 4.30. The average molecular weight is 318 g/mol. The third-order valence-electron chi connectivity index (χ3n) is 4.38. The van der Waals surface area contributed by atoms with Crippen LogP contribution in [0.1, 0.15) is 16.7 Å². The normalized spacial score (nSPS) is 18.1. The summed E-state index contributed by atoms with van der Waals surface area (Å²) < 4.78 is 1.89. The van der Waals surface area contributed by atoms with Gasteiger partial charge in [-0.1, -0.05) is 65.9 Å². The minimum Gasteiger partial charge on any atom is -0.186 e. The van der Waals surface area contributed by atoms with Crippen LogP contribution in [0.5, 0.6) is 0 Å². The van der Waals surface area contributed by atoms with Crippen LogP contribution >= 0.6 is 11.8 Å². The first kappa shape index (κ1) is 13.1. The number of hydrogen-bond acceptors (Lipinski definition) is 4. The van der Waals surface area contributed by atoms with Crippen molar-refractivity contribution in [3.8, 4) is 11.4 Å². The SMILES string of the molecule is Cc1ccc(-c2nnc3n2N=C2c4ccccc4CC2S3)cc1. The minimum absolute atomic E-state index is 0.356. The molecule has 0 radical (unpaired) electrons. The van der Waals surface area contributed by atoms with Crippen LogP contribution in [-0.2, 0) is 6.42 Å². The fraction of sp³-hybridized carbons (Fsp3) is 0.167. The number of thioether (sulfide) groups is 1. The van der Waals surface area contributed by atoms with E-state index in [1.807, 2.05) is 4.68 Å². The van der Waals surface area contributed by atoms with E-state index < -0.39 is 0 Å². The number of aryl methyl sites for hydroxylation is 1. The van der Waals surface area contributed by atoms with Gasteiger partial charge in [-0.05, 0) is 18.9 Å². The molecule has 0 amide bonds. The molecule has 2 aliphatic rings. The highest BCUT2D eigenvalue weighted by Crippen LogP contribution is 2.39. The van der Waals surface area contributed by atoms with Crippen molar-refractivity contribution in [3.05, 3.63) is 65.2 Å². The van der Waals surface area contributed by atoms with Crippen LogP contribution in [-0.4, -0.2) is 25.8 Å². The summed E-state index contributed by atoms with van der Waals surface area (Å²) in [5.74, 6) is 0.808. The second-order valence-electron chi connectivity index (χ2n) is 5.94. The molecule has 0 saturated heterocycles. The monoisotopic (exact) mass is 318 g/mol. The van der Waals surface area contributed by atoms with Crippen molar-refractivity contribution >= 4 is 17.5 Å². The van der Waals surface area contributed by atoms with Crippen LogP contribution in [0.3, 0.4) is 0 Å². The minimum atomic E-state index is 0.356. The zero-order chi connectivity index (χ0) is 15.4. The van der Waals surface area contributed by atoms with Gasteiger partial charge in [-0.15, -0.1) is 10.2 Å². The summed E-state index contributed by atoms with van der Waals surface area (Å²) in [6.07, 6.45) is 1.02. The first-order chi connectivity index (χ1) is 11.3. The van der Waals surface area contributed by atoms with Crippen LogP contribution in [0.15, 0.2) is 58.8 Å². The van der Waals surface area contributed by atoms with Crippen molar-refractivity contribution < 1.29 is 0 Å². The zero-order valence-corrected chi connectivity index (χ0v) is 13.4. The van der Waals surface area contributed by atoms with E-state index in [-0.39, 0.29) is 0 Å². The Morgan fingerprint density at radius 3 is 2.74 bits per heavy atom. The Hall–Kier alpha value is -2.40. The molecule has 2 heterocycles. The molecule has 0 fully saturated rings. The molecule has 112 valence electrons. The smallest absolute Gasteiger partial charge is 0.186 e. The molecular formula is C18H14N4S. The molecular weight excluding hydrogens is 304 g/mol. The molecule has 2 aromatic carbocycles. The fourth-order valence-electron chi connectivity index (χ4n) is 3.18.